The van der Waals surface area contributed by atoms with E-state index >= 15 is 0 Å². The summed E-state index contributed by atoms with van der Waals surface area (Å²) in [5, 5.41) is 3.23. The summed E-state index contributed by atoms with van der Waals surface area (Å²) in [6.07, 6.45) is 1.83. The molecule has 1 unspecified atom stereocenters. The van der Waals surface area contributed by atoms with Crippen LogP contribution in [0, 0.1) is 5.92 Å². The van der Waals surface area contributed by atoms with Crippen LogP contribution in [-0.2, 0) is 27.8 Å². The first kappa shape index (κ1) is 15.0. The van der Waals surface area contributed by atoms with Crippen molar-refractivity contribution in [1.29, 1.82) is 0 Å². The molecule has 2 aliphatic heterocycles. The van der Waals surface area contributed by atoms with Gasteiger partial charge in [-0.2, -0.15) is 0 Å². The van der Waals surface area contributed by atoms with Crippen LogP contribution in [0.15, 0.2) is 23.1 Å². The fourth-order valence-corrected chi connectivity index (χ4v) is 4.43. The van der Waals surface area contributed by atoms with E-state index in [0.717, 1.165) is 44.7 Å². The molecule has 0 saturated carbocycles. The highest BCUT2D eigenvalue weighted by Crippen LogP contribution is 2.23. The quantitative estimate of drug-likeness (QED) is 0.882. The van der Waals surface area contributed by atoms with Crippen LogP contribution in [0.1, 0.15) is 30.9 Å². The lowest BCUT2D eigenvalue weighted by Gasteiger charge is -2.28. The molecule has 6 heteroatoms. The molecule has 2 heterocycles. The molecule has 0 spiro atoms. The van der Waals surface area contributed by atoms with E-state index in [0.29, 0.717) is 10.8 Å². The number of hydrogen-bond acceptors (Lipinski definition) is 4. The molecule has 21 heavy (non-hydrogen) atoms. The Labute approximate surface area is 126 Å². The number of nitrogens with one attached hydrogen (secondary N) is 2. The predicted molar refractivity (Wildman–Crippen MR) is 80.3 cm³/mol. The van der Waals surface area contributed by atoms with Crippen LogP contribution in [0.25, 0.3) is 0 Å². The number of ether oxygens (including phenoxy) is 1. The number of rotatable bonds is 4. The van der Waals surface area contributed by atoms with Crippen LogP contribution >= 0.6 is 0 Å². The third-order valence-electron chi connectivity index (χ3n) is 4.43. The zero-order valence-corrected chi connectivity index (χ0v) is 13.1. The number of fused-ring (bicyclic) bond motifs is 1. The lowest BCUT2D eigenvalue weighted by molar-refractivity contribution is 0.0585. The van der Waals surface area contributed by atoms with Crippen LogP contribution < -0.4 is 10.0 Å². The Kier molecular flexibility index (Phi) is 4.31. The highest BCUT2D eigenvalue weighted by Gasteiger charge is 2.26. The van der Waals surface area contributed by atoms with E-state index in [-0.39, 0.29) is 6.04 Å². The van der Waals surface area contributed by atoms with Gasteiger partial charge in [0, 0.05) is 32.3 Å². The van der Waals surface area contributed by atoms with Crippen molar-refractivity contribution in [3.63, 3.8) is 0 Å². The van der Waals surface area contributed by atoms with E-state index in [1.165, 1.54) is 5.56 Å². The second kappa shape index (κ2) is 6.04. The Morgan fingerprint density at radius 2 is 1.95 bits per heavy atom. The molecule has 5 nitrogen and oxygen atoms in total. The second-order valence-electron chi connectivity index (χ2n) is 5.89. The SMILES string of the molecule is CC(NS(=O)(=O)c1ccc2c(c1)CNC2)C1CCOCC1. The maximum atomic E-state index is 12.5. The van der Waals surface area contributed by atoms with Gasteiger partial charge in [-0.25, -0.2) is 13.1 Å². The molecule has 1 aromatic rings. The summed E-state index contributed by atoms with van der Waals surface area (Å²) in [5.41, 5.74) is 2.27. The number of sulfonamides is 1. The van der Waals surface area contributed by atoms with Gasteiger partial charge < -0.3 is 10.1 Å². The van der Waals surface area contributed by atoms with Gasteiger partial charge in [0.2, 0.25) is 10.0 Å². The fourth-order valence-electron chi connectivity index (χ4n) is 3.06. The molecular weight excluding hydrogens is 288 g/mol. The Balaban J connectivity index is 1.74. The number of hydrogen-bond donors (Lipinski definition) is 2. The topological polar surface area (TPSA) is 67.4 Å². The van der Waals surface area contributed by atoms with Crippen molar-refractivity contribution >= 4 is 10.0 Å². The van der Waals surface area contributed by atoms with Crippen molar-refractivity contribution in [1.82, 2.24) is 10.0 Å². The minimum Gasteiger partial charge on any atom is -0.381 e. The van der Waals surface area contributed by atoms with Crippen molar-refractivity contribution in [3.8, 4) is 0 Å². The minimum atomic E-state index is -3.45. The van der Waals surface area contributed by atoms with E-state index in [2.05, 4.69) is 10.0 Å². The van der Waals surface area contributed by atoms with Gasteiger partial charge in [-0.1, -0.05) is 6.07 Å². The second-order valence-corrected chi connectivity index (χ2v) is 7.61. The zero-order chi connectivity index (χ0) is 14.9. The van der Waals surface area contributed by atoms with E-state index in [1.54, 1.807) is 12.1 Å². The highest BCUT2D eigenvalue weighted by atomic mass is 32.2. The molecule has 0 amide bonds. The minimum absolute atomic E-state index is 0.0646. The summed E-state index contributed by atoms with van der Waals surface area (Å²) in [4.78, 5) is 0.365. The molecule has 2 N–H and O–H groups in total. The zero-order valence-electron chi connectivity index (χ0n) is 12.3. The van der Waals surface area contributed by atoms with Crippen molar-refractivity contribution in [2.75, 3.05) is 13.2 Å². The van der Waals surface area contributed by atoms with Crippen molar-refractivity contribution < 1.29 is 13.2 Å². The Morgan fingerprint density at radius 3 is 2.71 bits per heavy atom. The van der Waals surface area contributed by atoms with Crippen molar-refractivity contribution in [2.45, 2.75) is 43.8 Å². The summed E-state index contributed by atoms with van der Waals surface area (Å²) in [7, 11) is -3.45. The van der Waals surface area contributed by atoms with Gasteiger partial charge in [-0.15, -0.1) is 0 Å². The lowest BCUT2D eigenvalue weighted by atomic mass is 9.94. The van der Waals surface area contributed by atoms with Crippen LogP contribution in [-0.4, -0.2) is 27.7 Å². The van der Waals surface area contributed by atoms with E-state index in [1.807, 2.05) is 13.0 Å². The molecule has 0 aliphatic carbocycles. The molecule has 0 aromatic heterocycles. The molecule has 1 atom stereocenters. The summed E-state index contributed by atoms with van der Waals surface area (Å²) in [6, 6.07) is 5.33. The average molecular weight is 310 g/mol. The fraction of sp³-hybridized carbons (Fsp3) is 0.600. The van der Waals surface area contributed by atoms with Gasteiger partial charge in [0.1, 0.15) is 0 Å². The van der Waals surface area contributed by atoms with Crippen molar-refractivity contribution in [2.24, 2.45) is 5.92 Å². The monoisotopic (exact) mass is 310 g/mol. The van der Waals surface area contributed by atoms with Gasteiger partial charge in [-0.3, -0.25) is 0 Å². The van der Waals surface area contributed by atoms with Crippen LogP contribution in [0.4, 0.5) is 0 Å². The van der Waals surface area contributed by atoms with Gasteiger partial charge in [0.15, 0.2) is 0 Å². The molecule has 0 bridgehead atoms. The summed E-state index contributed by atoms with van der Waals surface area (Å²) in [6.45, 7) is 4.96. The first-order chi connectivity index (χ1) is 10.1. The van der Waals surface area contributed by atoms with Gasteiger partial charge in [0.05, 0.1) is 4.90 Å². The molecule has 1 fully saturated rings. The third kappa shape index (κ3) is 3.29. The normalized spacial score (nSPS) is 21.2. The summed E-state index contributed by atoms with van der Waals surface area (Å²) >= 11 is 0. The molecule has 0 radical (unpaired) electrons. The Bertz CT molecular complexity index is 609. The van der Waals surface area contributed by atoms with E-state index in [4.69, 9.17) is 4.74 Å². The molecule has 1 saturated heterocycles. The maximum absolute atomic E-state index is 12.5. The van der Waals surface area contributed by atoms with Crippen LogP contribution in [0.2, 0.25) is 0 Å². The largest absolute Gasteiger partial charge is 0.381 e. The van der Waals surface area contributed by atoms with Gasteiger partial charge in [0.25, 0.3) is 0 Å². The third-order valence-corrected chi connectivity index (χ3v) is 5.99. The number of benzene rings is 1. The molecular formula is C15H22N2O3S. The van der Waals surface area contributed by atoms with E-state index in [9.17, 15) is 8.42 Å². The highest BCUT2D eigenvalue weighted by molar-refractivity contribution is 7.89. The molecule has 1 aromatic carbocycles. The van der Waals surface area contributed by atoms with Gasteiger partial charge >= 0.3 is 0 Å². The smallest absolute Gasteiger partial charge is 0.240 e. The Morgan fingerprint density at radius 1 is 1.24 bits per heavy atom. The first-order valence-electron chi connectivity index (χ1n) is 7.49. The molecule has 2 aliphatic rings. The standard InChI is InChI=1S/C15H22N2O3S/c1-11(12-4-6-20-7-5-12)17-21(18,19)15-3-2-13-9-16-10-14(13)8-15/h2-3,8,11-12,16-17H,4-7,9-10H2,1H3. The van der Waals surface area contributed by atoms with Crippen molar-refractivity contribution in [3.05, 3.63) is 29.3 Å². The Hall–Kier alpha value is -0.950. The first-order valence-corrected chi connectivity index (χ1v) is 8.97. The molecule has 3 rings (SSSR count). The average Bonchev–Trinajstić information content (AvgIpc) is 2.95. The maximum Gasteiger partial charge on any atom is 0.240 e. The van der Waals surface area contributed by atoms with E-state index < -0.39 is 10.0 Å². The summed E-state index contributed by atoms with van der Waals surface area (Å²) in [5.74, 6) is 0.351. The van der Waals surface area contributed by atoms with Gasteiger partial charge in [-0.05, 0) is 48.9 Å². The van der Waals surface area contributed by atoms with Crippen LogP contribution in [0.3, 0.4) is 0 Å². The predicted octanol–water partition coefficient (Wildman–Crippen LogP) is 1.38. The lowest BCUT2D eigenvalue weighted by Crippen LogP contribution is -2.40. The van der Waals surface area contributed by atoms with Crippen LogP contribution in [0.5, 0.6) is 0 Å². The summed E-state index contributed by atoms with van der Waals surface area (Å²) < 4.78 is 33.2. The molecule has 116 valence electrons.